The first-order chi connectivity index (χ1) is 16.1. The standard InChI is InChI=1S/C28H21Cl2NO2/c1-2-32-27-16-20(15-26(30)28(27)33-18-19-10-12-23(29)13-11-19)14-22(17-31)25-9-5-7-21-6-3-4-8-24(21)25/h3-16H,2,18H2,1H3/b22-14-. The van der Waals surface area contributed by atoms with Gasteiger partial charge in [-0.1, -0.05) is 77.8 Å². The summed E-state index contributed by atoms with van der Waals surface area (Å²) < 4.78 is 11.8. The summed E-state index contributed by atoms with van der Waals surface area (Å²) in [7, 11) is 0. The molecule has 164 valence electrons. The minimum atomic E-state index is 0.325. The molecule has 4 aromatic rings. The zero-order valence-electron chi connectivity index (χ0n) is 18.0. The normalized spacial score (nSPS) is 11.3. The van der Waals surface area contributed by atoms with Crippen LogP contribution in [0.1, 0.15) is 23.6 Å². The predicted octanol–water partition coefficient (Wildman–Crippen LogP) is 8.19. The number of allylic oxidation sites excluding steroid dienone is 1. The third-order valence-electron chi connectivity index (χ3n) is 5.14. The van der Waals surface area contributed by atoms with Gasteiger partial charge in [0, 0.05) is 10.6 Å². The highest BCUT2D eigenvalue weighted by Crippen LogP contribution is 2.38. The number of hydrogen-bond donors (Lipinski definition) is 0. The summed E-state index contributed by atoms with van der Waals surface area (Å²) in [6.07, 6.45) is 1.82. The van der Waals surface area contributed by atoms with Crippen LogP contribution >= 0.6 is 23.2 Å². The van der Waals surface area contributed by atoms with Gasteiger partial charge in [-0.3, -0.25) is 0 Å². The van der Waals surface area contributed by atoms with Gasteiger partial charge in [-0.05, 0) is 59.2 Å². The summed E-state index contributed by atoms with van der Waals surface area (Å²) in [5.74, 6) is 0.995. The number of nitriles is 1. The molecule has 0 aliphatic rings. The van der Waals surface area contributed by atoms with Crippen LogP contribution in [0.15, 0.2) is 78.9 Å². The molecule has 0 aliphatic heterocycles. The Morgan fingerprint density at radius 3 is 2.45 bits per heavy atom. The topological polar surface area (TPSA) is 42.2 Å². The van der Waals surface area contributed by atoms with Gasteiger partial charge in [-0.15, -0.1) is 0 Å². The average Bonchev–Trinajstić information content (AvgIpc) is 2.83. The van der Waals surface area contributed by atoms with Crippen LogP contribution in [0.5, 0.6) is 11.5 Å². The Morgan fingerprint density at radius 2 is 1.70 bits per heavy atom. The van der Waals surface area contributed by atoms with E-state index >= 15 is 0 Å². The van der Waals surface area contributed by atoms with E-state index in [1.165, 1.54) is 0 Å². The quantitative estimate of drug-likeness (QED) is 0.200. The third-order valence-corrected chi connectivity index (χ3v) is 5.67. The molecule has 0 bridgehead atoms. The van der Waals surface area contributed by atoms with E-state index in [1.807, 2.05) is 85.8 Å². The number of rotatable bonds is 7. The van der Waals surface area contributed by atoms with E-state index in [2.05, 4.69) is 6.07 Å². The molecule has 0 aliphatic carbocycles. The molecule has 0 aromatic heterocycles. The Morgan fingerprint density at radius 1 is 0.939 bits per heavy atom. The third kappa shape index (κ3) is 5.31. The Balaban J connectivity index is 1.69. The SMILES string of the molecule is CCOc1cc(/C=C(/C#N)c2cccc3ccccc23)cc(Cl)c1OCc1ccc(Cl)cc1. The maximum absolute atomic E-state index is 9.91. The summed E-state index contributed by atoms with van der Waals surface area (Å²) in [4.78, 5) is 0. The lowest BCUT2D eigenvalue weighted by molar-refractivity contribution is 0.269. The van der Waals surface area contributed by atoms with Gasteiger partial charge in [0.25, 0.3) is 0 Å². The first kappa shape index (κ1) is 22.7. The van der Waals surface area contributed by atoms with Crippen molar-refractivity contribution in [3.05, 3.63) is 106 Å². The van der Waals surface area contributed by atoms with Crippen LogP contribution in [0, 0.1) is 11.3 Å². The minimum absolute atomic E-state index is 0.325. The van der Waals surface area contributed by atoms with Gasteiger partial charge in [-0.2, -0.15) is 5.26 Å². The van der Waals surface area contributed by atoms with Crippen molar-refractivity contribution in [2.75, 3.05) is 6.61 Å². The van der Waals surface area contributed by atoms with E-state index in [4.69, 9.17) is 32.7 Å². The van der Waals surface area contributed by atoms with Crippen LogP contribution in [-0.4, -0.2) is 6.61 Å². The maximum atomic E-state index is 9.91. The van der Waals surface area contributed by atoms with Crippen molar-refractivity contribution >= 4 is 45.6 Å². The largest absolute Gasteiger partial charge is 0.490 e. The molecule has 0 heterocycles. The minimum Gasteiger partial charge on any atom is -0.490 e. The van der Waals surface area contributed by atoms with Crippen molar-refractivity contribution in [2.45, 2.75) is 13.5 Å². The summed E-state index contributed by atoms with van der Waals surface area (Å²) >= 11 is 12.5. The van der Waals surface area contributed by atoms with Gasteiger partial charge in [0.15, 0.2) is 11.5 Å². The molecular formula is C28H21Cl2NO2. The molecule has 3 nitrogen and oxygen atoms in total. The molecule has 0 radical (unpaired) electrons. The molecule has 0 amide bonds. The zero-order chi connectivity index (χ0) is 23.2. The van der Waals surface area contributed by atoms with Crippen LogP contribution in [0.4, 0.5) is 0 Å². The highest BCUT2D eigenvalue weighted by atomic mass is 35.5. The molecule has 0 atom stereocenters. The lowest BCUT2D eigenvalue weighted by Gasteiger charge is -2.15. The van der Waals surface area contributed by atoms with Gasteiger partial charge in [0.05, 0.1) is 23.3 Å². The molecule has 0 unspecified atom stereocenters. The Bertz CT molecular complexity index is 1350. The fraction of sp³-hybridized carbons (Fsp3) is 0.107. The van der Waals surface area contributed by atoms with E-state index in [1.54, 1.807) is 6.07 Å². The van der Waals surface area contributed by atoms with E-state index in [0.29, 0.717) is 40.3 Å². The Hall–Kier alpha value is -3.45. The summed E-state index contributed by atoms with van der Waals surface area (Å²) in [5.41, 5.74) is 3.13. The number of hydrogen-bond acceptors (Lipinski definition) is 3. The molecule has 0 saturated carbocycles. The van der Waals surface area contributed by atoms with Gasteiger partial charge in [-0.25, -0.2) is 0 Å². The van der Waals surface area contributed by atoms with Crippen molar-refractivity contribution in [2.24, 2.45) is 0 Å². The van der Waals surface area contributed by atoms with E-state index < -0.39 is 0 Å². The fourth-order valence-corrected chi connectivity index (χ4v) is 4.01. The number of nitrogens with zero attached hydrogens (tertiary/aromatic N) is 1. The Labute approximate surface area is 203 Å². The molecule has 0 saturated heterocycles. The number of benzene rings is 4. The highest BCUT2D eigenvalue weighted by Gasteiger charge is 2.14. The molecular weight excluding hydrogens is 453 g/mol. The molecule has 5 heteroatoms. The van der Waals surface area contributed by atoms with Crippen LogP contribution in [-0.2, 0) is 6.61 Å². The molecule has 4 aromatic carbocycles. The lowest BCUT2D eigenvalue weighted by Crippen LogP contribution is -2.01. The van der Waals surface area contributed by atoms with E-state index in [0.717, 1.165) is 27.5 Å². The van der Waals surface area contributed by atoms with Gasteiger partial charge >= 0.3 is 0 Å². The van der Waals surface area contributed by atoms with Crippen molar-refractivity contribution in [1.29, 1.82) is 5.26 Å². The smallest absolute Gasteiger partial charge is 0.180 e. The second kappa shape index (κ2) is 10.4. The number of fused-ring (bicyclic) bond motifs is 1. The molecule has 0 fully saturated rings. The van der Waals surface area contributed by atoms with Crippen molar-refractivity contribution in [1.82, 2.24) is 0 Å². The summed E-state index contributed by atoms with van der Waals surface area (Å²) in [5, 5.41) is 13.1. The Kier molecular flexibility index (Phi) is 7.19. The molecule has 33 heavy (non-hydrogen) atoms. The zero-order valence-corrected chi connectivity index (χ0v) is 19.5. The second-order valence-corrected chi connectivity index (χ2v) is 8.22. The van der Waals surface area contributed by atoms with E-state index in [9.17, 15) is 5.26 Å². The lowest BCUT2D eigenvalue weighted by atomic mass is 9.97. The first-order valence-electron chi connectivity index (χ1n) is 10.5. The summed E-state index contributed by atoms with van der Waals surface area (Å²) in [6.45, 7) is 2.68. The predicted molar refractivity (Wildman–Crippen MR) is 136 cm³/mol. The molecule has 0 N–H and O–H groups in total. The molecule has 0 spiro atoms. The average molecular weight is 474 g/mol. The number of ether oxygens (including phenoxy) is 2. The van der Waals surface area contributed by atoms with Gasteiger partial charge in [0.1, 0.15) is 6.61 Å². The van der Waals surface area contributed by atoms with Crippen LogP contribution in [0.25, 0.3) is 22.4 Å². The second-order valence-electron chi connectivity index (χ2n) is 7.37. The van der Waals surface area contributed by atoms with Crippen LogP contribution in [0.3, 0.4) is 0 Å². The molecule has 4 rings (SSSR count). The van der Waals surface area contributed by atoms with Gasteiger partial charge < -0.3 is 9.47 Å². The van der Waals surface area contributed by atoms with Crippen molar-refractivity contribution in [3.63, 3.8) is 0 Å². The fourth-order valence-electron chi connectivity index (χ4n) is 3.61. The van der Waals surface area contributed by atoms with Crippen molar-refractivity contribution in [3.8, 4) is 17.6 Å². The maximum Gasteiger partial charge on any atom is 0.180 e. The van der Waals surface area contributed by atoms with Crippen LogP contribution in [0.2, 0.25) is 10.0 Å². The monoisotopic (exact) mass is 473 g/mol. The van der Waals surface area contributed by atoms with E-state index in [-0.39, 0.29) is 0 Å². The van der Waals surface area contributed by atoms with Gasteiger partial charge in [0.2, 0.25) is 0 Å². The summed E-state index contributed by atoms with van der Waals surface area (Å²) in [6, 6.07) is 27.3. The first-order valence-corrected chi connectivity index (χ1v) is 11.3. The van der Waals surface area contributed by atoms with Crippen LogP contribution < -0.4 is 9.47 Å². The highest BCUT2D eigenvalue weighted by molar-refractivity contribution is 6.32. The number of halogens is 2. The van der Waals surface area contributed by atoms with Crippen molar-refractivity contribution < 1.29 is 9.47 Å².